The van der Waals surface area contributed by atoms with Gasteiger partial charge in [-0.1, -0.05) is 13.8 Å². The van der Waals surface area contributed by atoms with Gasteiger partial charge in [-0.2, -0.15) is 0 Å². The second-order valence-corrected chi connectivity index (χ2v) is 7.30. The quantitative estimate of drug-likeness (QED) is 0.721. The fourth-order valence-electron chi connectivity index (χ4n) is 2.33. The molecule has 1 heterocycles. The summed E-state index contributed by atoms with van der Waals surface area (Å²) in [5.41, 5.74) is -1.41. The zero-order valence-electron chi connectivity index (χ0n) is 11.3. The van der Waals surface area contributed by atoms with Gasteiger partial charge in [0.2, 0.25) is 5.91 Å². The van der Waals surface area contributed by atoms with Crippen LogP contribution in [0.5, 0.6) is 0 Å². The van der Waals surface area contributed by atoms with Gasteiger partial charge in [0.25, 0.3) is 0 Å². The Morgan fingerprint density at radius 1 is 1.21 bits per heavy atom. The normalized spacial score (nSPS) is 19.9. The number of rotatable bonds is 5. The van der Waals surface area contributed by atoms with E-state index in [-0.39, 0.29) is 30.4 Å². The van der Waals surface area contributed by atoms with Crippen molar-refractivity contribution in [1.82, 2.24) is 5.32 Å². The zero-order valence-corrected chi connectivity index (χ0v) is 12.1. The predicted molar refractivity (Wildman–Crippen MR) is 70.5 cm³/mol. The maximum atomic E-state index is 12.2. The highest BCUT2D eigenvalue weighted by Gasteiger charge is 2.43. The maximum absolute atomic E-state index is 12.2. The van der Waals surface area contributed by atoms with E-state index in [9.17, 15) is 23.1 Å². The molecule has 1 aliphatic heterocycles. The molecule has 0 aromatic heterocycles. The molecule has 1 saturated heterocycles. The molecule has 0 radical (unpaired) electrons. The van der Waals surface area contributed by atoms with E-state index in [1.165, 1.54) is 0 Å². The van der Waals surface area contributed by atoms with Gasteiger partial charge in [0.1, 0.15) is 15.3 Å². The number of sulfone groups is 1. The van der Waals surface area contributed by atoms with Gasteiger partial charge in [-0.15, -0.1) is 0 Å². The molecule has 0 aromatic carbocycles. The van der Waals surface area contributed by atoms with Crippen LogP contribution >= 0.6 is 0 Å². The van der Waals surface area contributed by atoms with E-state index >= 15 is 0 Å². The van der Waals surface area contributed by atoms with Crippen molar-refractivity contribution in [1.29, 1.82) is 0 Å². The van der Waals surface area contributed by atoms with Gasteiger partial charge in [0, 0.05) is 6.04 Å². The number of aliphatic carboxylic acids is 1. The summed E-state index contributed by atoms with van der Waals surface area (Å²) in [5, 5.41) is 11.9. The maximum Gasteiger partial charge on any atom is 0.319 e. The third-order valence-corrected chi connectivity index (χ3v) is 5.66. The average Bonchev–Trinajstić information content (AvgIpc) is 2.34. The molecule has 0 unspecified atom stereocenters. The highest BCUT2D eigenvalue weighted by atomic mass is 32.2. The van der Waals surface area contributed by atoms with E-state index < -0.39 is 27.1 Å². The van der Waals surface area contributed by atoms with Crippen LogP contribution in [0.25, 0.3) is 0 Å². The molecular formula is C12H21NO5S. The summed E-state index contributed by atoms with van der Waals surface area (Å²) < 4.78 is 22.6. The Bertz CT molecular complexity index is 439. The van der Waals surface area contributed by atoms with Crippen molar-refractivity contribution >= 4 is 21.7 Å². The summed E-state index contributed by atoms with van der Waals surface area (Å²) >= 11 is 0. The molecule has 1 aliphatic rings. The molecule has 0 bridgehead atoms. The van der Waals surface area contributed by atoms with Crippen molar-refractivity contribution in [3.8, 4) is 0 Å². The number of hydrogen-bond acceptors (Lipinski definition) is 4. The highest BCUT2D eigenvalue weighted by Crippen LogP contribution is 2.28. The monoisotopic (exact) mass is 291 g/mol. The molecule has 0 aromatic rings. The molecule has 6 nitrogen and oxygen atoms in total. The summed E-state index contributed by atoms with van der Waals surface area (Å²) in [6, 6.07) is -0.243. The van der Waals surface area contributed by atoms with Crippen LogP contribution in [0.3, 0.4) is 0 Å². The molecule has 0 spiro atoms. The lowest BCUT2D eigenvalue weighted by Crippen LogP contribution is -2.51. The van der Waals surface area contributed by atoms with Gasteiger partial charge in [-0.3, -0.25) is 9.59 Å². The highest BCUT2D eigenvalue weighted by molar-refractivity contribution is 7.91. The van der Waals surface area contributed by atoms with E-state index in [4.69, 9.17) is 0 Å². The number of nitrogens with one attached hydrogen (secondary N) is 1. The minimum Gasteiger partial charge on any atom is -0.480 e. The summed E-state index contributed by atoms with van der Waals surface area (Å²) in [5.74, 6) is -1.53. The summed E-state index contributed by atoms with van der Waals surface area (Å²) in [6.45, 7) is 3.34. The third-order valence-electron chi connectivity index (χ3n) is 3.94. The van der Waals surface area contributed by atoms with E-state index in [0.717, 1.165) is 0 Å². The molecule has 110 valence electrons. The number of carbonyl (C=O) groups excluding carboxylic acids is 1. The van der Waals surface area contributed by atoms with Crippen LogP contribution in [0, 0.1) is 5.41 Å². The fourth-order valence-corrected chi connectivity index (χ4v) is 3.82. The van der Waals surface area contributed by atoms with Gasteiger partial charge in [0.15, 0.2) is 0 Å². The lowest BCUT2D eigenvalue weighted by molar-refractivity contribution is -0.156. The zero-order chi connectivity index (χ0) is 14.7. The Kier molecular flexibility index (Phi) is 4.95. The van der Waals surface area contributed by atoms with Crippen LogP contribution in [0.1, 0.15) is 39.5 Å². The number of carboxylic acid groups (broad SMARTS) is 1. The van der Waals surface area contributed by atoms with Gasteiger partial charge in [-0.05, 0) is 25.7 Å². The third kappa shape index (κ3) is 3.46. The Morgan fingerprint density at radius 3 is 2.05 bits per heavy atom. The fraction of sp³-hybridized carbons (Fsp3) is 0.833. The molecule has 0 aliphatic carbocycles. The Labute approximate surface area is 113 Å². The lowest BCUT2D eigenvalue weighted by atomic mass is 9.81. The first-order chi connectivity index (χ1) is 8.77. The number of amides is 1. The Morgan fingerprint density at radius 2 is 1.68 bits per heavy atom. The van der Waals surface area contributed by atoms with Crippen LogP contribution in [-0.2, 0) is 19.4 Å². The standard InChI is InChI=1S/C12H21NO5S/c1-3-12(4-2,11(15)16)10(14)13-9-5-7-19(17,18)8-6-9/h9H,3-8H2,1-2H3,(H,13,14)(H,15,16). The molecule has 1 amide bonds. The SMILES string of the molecule is CCC(CC)(C(=O)O)C(=O)NC1CCS(=O)(=O)CC1. The van der Waals surface area contributed by atoms with E-state index in [2.05, 4.69) is 5.32 Å². The number of hydrogen-bond donors (Lipinski definition) is 2. The molecule has 19 heavy (non-hydrogen) atoms. The molecule has 2 N–H and O–H groups in total. The van der Waals surface area contributed by atoms with Crippen molar-refractivity contribution in [2.24, 2.45) is 5.41 Å². The second-order valence-electron chi connectivity index (χ2n) is 4.99. The van der Waals surface area contributed by atoms with Gasteiger partial charge in [-0.25, -0.2) is 8.42 Å². The molecule has 1 fully saturated rings. The summed E-state index contributed by atoms with van der Waals surface area (Å²) in [4.78, 5) is 23.5. The van der Waals surface area contributed by atoms with Gasteiger partial charge >= 0.3 is 5.97 Å². The first kappa shape index (κ1) is 15.9. The number of carboxylic acids is 1. The largest absolute Gasteiger partial charge is 0.480 e. The van der Waals surface area contributed by atoms with Crippen molar-refractivity contribution in [3.63, 3.8) is 0 Å². The molecule has 1 rings (SSSR count). The minimum atomic E-state index is -2.98. The summed E-state index contributed by atoms with van der Waals surface area (Å²) in [7, 11) is -2.98. The van der Waals surface area contributed by atoms with Crippen molar-refractivity contribution in [2.75, 3.05) is 11.5 Å². The Hall–Kier alpha value is -1.11. The predicted octanol–water partition coefficient (Wildman–Crippen LogP) is 0.571. The number of carbonyl (C=O) groups is 2. The molecule has 0 atom stereocenters. The smallest absolute Gasteiger partial charge is 0.319 e. The van der Waals surface area contributed by atoms with Crippen LogP contribution in [0.15, 0.2) is 0 Å². The molecule has 0 saturated carbocycles. The lowest BCUT2D eigenvalue weighted by Gasteiger charge is -2.30. The topological polar surface area (TPSA) is 101 Å². The van der Waals surface area contributed by atoms with Crippen LogP contribution < -0.4 is 5.32 Å². The van der Waals surface area contributed by atoms with Crippen molar-refractivity contribution in [2.45, 2.75) is 45.6 Å². The van der Waals surface area contributed by atoms with Crippen LogP contribution in [0.2, 0.25) is 0 Å². The van der Waals surface area contributed by atoms with Crippen molar-refractivity contribution < 1.29 is 23.1 Å². The minimum absolute atomic E-state index is 0.0519. The first-order valence-corrected chi connectivity index (χ1v) is 8.34. The van der Waals surface area contributed by atoms with Gasteiger partial charge < -0.3 is 10.4 Å². The second kappa shape index (κ2) is 5.90. The van der Waals surface area contributed by atoms with Crippen LogP contribution in [-0.4, -0.2) is 42.9 Å². The van der Waals surface area contributed by atoms with Crippen LogP contribution in [0.4, 0.5) is 0 Å². The average molecular weight is 291 g/mol. The molecular weight excluding hydrogens is 270 g/mol. The van der Waals surface area contributed by atoms with E-state index in [0.29, 0.717) is 12.8 Å². The Balaban J connectivity index is 2.71. The summed E-state index contributed by atoms with van der Waals surface area (Å²) in [6.07, 6.45) is 1.15. The van der Waals surface area contributed by atoms with Gasteiger partial charge in [0.05, 0.1) is 11.5 Å². The van der Waals surface area contributed by atoms with E-state index in [1.807, 2.05) is 0 Å². The van der Waals surface area contributed by atoms with Crippen molar-refractivity contribution in [3.05, 3.63) is 0 Å². The molecule has 7 heteroatoms. The van der Waals surface area contributed by atoms with E-state index in [1.54, 1.807) is 13.8 Å². The first-order valence-electron chi connectivity index (χ1n) is 6.52.